The summed E-state index contributed by atoms with van der Waals surface area (Å²) < 4.78 is 5.18. The van der Waals surface area contributed by atoms with Crippen LogP contribution in [-0.2, 0) is 0 Å². The molecule has 7 nitrogen and oxygen atoms in total. The van der Waals surface area contributed by atoms with E-state index in [1.54, 1.807) is 14.0 Å². The maximum Gasteiger partial charge on any atom is 0.273 e. The average molecular weight is 301 g/mol. The second kappa shape index (κ2) is 6.05. The van der Waals surface area contributed by atoms with Crippen molar-refractivity contribution in [3.63, 3.8) is 0 Å². The van der Waals surface area contributed by atoms with Crippen LogP contribution in [0.1, 0.15) is 5.69 Å². The number of methoxy groups -OCH3 is 1. The summed E-state index contributed by atoms with van der Waals surface area (Å²) in [5.74, 6) is 1.40. The molecule has 1 aliphatic rings. The highest BCUT2D eigenvalue weighted by Gasteiger charge is 2.19. The van der Waals surface area contributed by atoms with Gasteiger partial charge in [-0.1, -0.05) is 0 Å². The van der Waals surface area contributed by atoms with Crippen LogP contribution in [0.4, 0.5) is 11.6 Å². The number of nitrogens with zero attached hydrogens (tertiary/aromatic N) is 4. The Morgan fingerprint density at radius 3 is 2.27 bits per heavy atom. The van der Waals surface area contributed by atoms with Crippen molar-refractivity contribution >= 4 is 11.6 Å². The Morgan fingerprint density at radius 1 is 1.05 bits per heavy atom. The van der Waals surface area contributed by atoms with Crippen molar-refractivity contribution in [2.75, 3.05) is 43.1 Å². The van der Waals surface area contributed by atoms with E-state index in [2.05, 4.69) is 32.2 Å². The van der Waals surface area contributed by atoms with Crippen molar-refractivity contribution in [3.8, 4) is 5.75 Å². The summed E-state index contributed by atoms with van der Waals surface area (Å²) >= 11 is 0. The summed E-state index contributed by atoms with van der Waals surface area (Å²) in [5, 5.41) is 7.96. The van der Waals surface area contributed by atoms with Crippen LogP contribution < -0.4 is 20.1 Å². The number of benzene rings is 1. The molecule has 0 atom stereocenters. The molecule has 0 bridgehead atoms. The van der Waals surface area contributed by atoms with E-state index in [-0.39, 0.29) is 5.56 Å². The molecule has 1 aromatic carbocycles. The second-order valence-corrected chi connectivity index (χ2v) is 5.24. The fourth-order valence-electron chi connectivity index (χ4n) is 2.50. The van der Waals surface area contributed by atoms with Gasteiger partial charge in [-0.15, -0.1) is 10.2 Å². The first kappa shape index (κ1) is 14.4. The molecule has 0 saturated carbocycles. The first-order chi connectivity index (χ1) is 10.7. The minimum Gasteiger partial charge on any atom is -0.497 e. The van der Waals surface area contributed by atoms with E-state index in [1.165, 1.54) is 5.69 Å². The Bertz CT molecular complexity index is 690. The molecule has 0 amide bonds. The molecule has 2 heterocycles. The van der Waals surface area contributed by atoms with Crippen molar-refractivity contribution < 1.29 is 4.74 Å². The molecule has 0 spiro atoms. The lowest BCUT2D eigenvalue weighted by molar-refractivity contribution is 0.415. The Morgan fingerprint density at radius 2 is 1.68 bits per heavy atom. The van der Waals surface area contributed by atoms with E-state index < -0.39 is 0 Å². The van der Waals surface area contributed by atoms with Crippen molar-refractivity contribution in [1.82, 2.24) is 15.2 Å². The van der Waals surface area contributed by atoms with Gasteiger partial charge in [0.05, 0.1) is 7.11 Å². The van der Waals surface area contributed by atoms with Gasteiger partial charge in [0.25, 0.3) is 5.56 Å². The Balaban J connectivity index is 1.66. The normalized spacial score (nSPS) is 15.0. The van der Waals surface area contributed by atoms with Crippen LogP contribution in [0.25, 0.3) is 0 Å². The van der Waals surface area contributed by atoms with Gasteiger partial charge in [-0.25, -0.2) is 0 Å². The monoisotopic (exact) mass is 301 g/mol. The van der Waals surface area contributed by atoms with Gasteiger partial charge >= 0.3 is 0 Å². The van der Waals surface area contributed by atoms with Crippen LogP contribution in [0.5, 0.6) is 5.75 Å². The molecule has 0 aliphatic carbocycles. The maximum atomic E-state index is 11.6. The molecule has 3 rings (SSSR count). The summed E-state index contributed by atoms with van der Waals surface area (Å²) in [6.45, 7) is 4.96. The third kappa shape index (κ3) is 2.88. The van der Waals surface area contributed by atoms with E-state index in [0.29, 0.717) is 11.6 Å². The van der Waals surface area contributed by atoms with Gasteiger partial charge in [-0.3, -0.25) is 9.78 Å². The summed E-state index contributed by atoms with van der Waals surface area (Å²) in [5.41, 5.74) is 1.38. The molecule has 7 heteroatoms. The molecule has 1 saturated heterocycles. The number of nitrogens with one attached hydrogen (secondary N) is 1. The minimum atomic E-state index is -0.178. The molecule has 0 unspecified atom stereocenters. The number of anilines is 2. The van der Waals surface area contributed by atoms with E-state index in [4.69, 9.17) is 4.74 Å². The largest absolute Gasteiger partial charge is 0.497 e. The van der Waals surface area contributed by atoms with Gasteiger partial charge in [0.1, 0.15) is 11.4 Å². The average Bonchev–Trinajstić information content (AvgIpc) is 2.58. The van der Waals surface area contributed by atoms with Crippen LogP contribution in [-0.4, -0.2) is 48.5 Å². The fourth-order valence-corrected chi connectivity index (χ4v) is 2.50. The SMILES string of the molecule is COc1ccc(N2CCN(c3nnc(C)c(=O)[nH]3)CC2)cc1. The third-order valence-corrected chi connectivity index (χ3v) is 3.87. The zero-order valence-corrected chi connectivity index (χ0v) is 12.7. The van der Waals surface area contributed by atoms with Crippen LogP contribution in [0.2, 0.25) is 0 Å². The number of aromatic amines is 1. The zero-order valence-electron chi connectivity index (χ0n) is 12.7. The van der Waals surface area contributed by atoms with Gasteiger partial charge in [0, 0.05) is 31.9 Å². The smallest absolute Gasteiger partial charge is 0.273 e. The summed E-state index contributed by atoms with van der Waals surface area (Å²) in [6.07, 6.45) is 0. The number of ether oxygens (including phenoxy) is 1. The molecule has 2 aromatic rings. The number of aromatic nitrogens is 3. The molecule has 116 valence electrons. The minimum absolute atomic E-state index is 0.178. The number of aryl methyl sites for hydroxylation is 1. The first-order valence-electron chi connectivity index (χ1n) is 7.25. The lowest BCUT2D eigenvalue weighted by Gasteiger charge is -2.36. The highest BCUT2D eigenvalue weighted by atomic mass is 16.5. The highest BCUT2D eigenvalue weighted by molar-refractivity contribution is 5.50. The lowest BCUT2D eigenvalue weighted by atomic mass is 10.2. The van der Waals surface area contributed by atoms with E-state index in [1.807, 2.05) is 17.0 Å². The number of hydrogen-bond acceptors (Lipinski definition) is 6. The molecule has 1 fully saturated rings. The Labute approximate surface area is 128 Å². The van der Waals surface area contributed by atoms with Crippen LogP contribution in [0.3, 0.4) is 0 Å². The highest BCUT2D eigenvalue weighted by Crippen LogP contribution is 2.21. The predicted molar refractivity (Wildman–Crippen MR) is 84.8 cm³/mol. The summed E-state index contributed by atoms with van der Waals surface area (Å²) in [4.78, 5) is 18.7. The standard InChI is InChI=1S/C15H19N5O2/c1-11-14(21)16-15(18-17-11)20-9-7-19(8-10-20)12-3-5-13(22-2)6-4-12/h3-6H,7-10H2,1-2H3,(H,16,18,21). The molecule has 22 heavy (non-hydrogen) atoms. The van der Waals surface area contributed by atoms with E-state index in [9.17, 15) is 4.79 Å². The molecular formula is C15H19N5O2. The van der Waals surface area contributed by atoms with Crippen molar-refractivity contribution in [2.24, 2.45) is 0 Å². The van der Waals surface area contributed by atoms with Gasteiger partial charge in [-0.2, -0.15) is 0 Å². The molecular weight excluding hydrogens is 282 g/mol. The van der Waals surface area contributed by atoms with Crippen LogP contribution in [0.15, 0.2) is 29.1 Å². The second-order valence-electron chi connectivity index (χ2n) is 5.24. The van der Waals surface area contributed by atoms with Crippen LogP contribution >= 0.6 is 0 Å². The number of piperazine rings is 1. The summed E-state index contributed by atoms with van der Waals surface area (Å²) in [6, 6.07) is 8.04. The van der Waals surface area contributed by atoms with Gasteiger partial charge in [0.2, 0.25) is 5.95 Å². The quantitative estimate of drug-likeness (QED) is 0.904. The zero-order chi connectivity index (χ0) is 15.5. The maximum absolute atomic E-state index is 11.6. The van der Waals surface area contributed by atoms with E-state index in [0.717, 1.165) is 31.9 Å². The topological polar surface area (TPSA) is 74.3 Å². The predicted octanol–water partition coefficient (Wildman–Crippen LogP) is 0.809. The van der Waals surface area contributed by atoms with Crippen molar-refractivity contribution in [3.05, 3.63) is 40.3 Å². The molecule has 1 aliphatic heterocycles. The number of hydrogen-bond donors (Lipinski definition) is 1. The Kier molecular flexibility index (Phi) is 3.95. The van der Waals surface area contributed by atoms with Crippen LogP contribution in [0, 0.1) is 6.92 Å². The number of H-pyrrole nitrogens is 1. The fraction of sp³-hybridized carbons (Fsp3) is 0.400. The Hall–Kier alpha value is -2.57. The third-order valence-electron chi connectivity index (χ3n) is 3.87. The van der Waals surface area contributed by atoms with Gasteiger partial charge in [-0.05, 0) is 31.2 Å². The summed E-state index contributed by atoms with van der Waals surface area (Å²) in [7, 11) is 1.66. The van der Waals surface area contributed by atoms with E-state index >= 15 is 0 Å². The molecule has 1 aromatic heterocycles. The molecule has 1 N–H and O–H groups in total. The van der Waals surface area contributed by atoms with Gasteiger partial charge < -0.3 is 14.5 Å². The van der Waals surface area contributed by atoms with Gasteiger partial charge in [0.15, 0.2) is 0 Å². The first-order valence-corrected chi connectivity index (χ1v) is 7.25. The van der Waals surface area contributed by atoms with Crippen molar-refractivity contribution in [1.29, 1.82) is 0 Å². The van der Waals surface area contributed by atoms with Crippen molar-refractivity contribution in [2.45, 2.75) is 6.92 Å². The number of rotatable bonds is 3. The molecule has 0 radical (unpaired) electrons. The lowest BCUT2D eigenvalue weighted by Crippen LogP contribution is -2.47.